The first-order chi connectivity index (χ1) is 22.3. The molecule has 1 aliphatic rings. The molecule has 6 aromatic carbocycles. The summed E-state index contributed by atoms with van der Waals surface area (Å²) in [5, 5.41) is 3.44. The number of para-hydroxylation sites is 5. The molecule has 0 unspecified atom stereocenters. The van der Waals surface area contributed by atoms with Gasteiger partial charge >= 0.3 is 0 Å². The van der Waals surface area contributed by atoms with Crippen LogP contribution in [-0.2, 0) is 0 Å². The van der Waals surface area contributed by atoms with E-state index in [1.807, 2.05) is 42.5 Å². The monoisotopic (exact) mass is 578 g/mol. The Hall–Kier alpha value is -6.27. The number of imidazole rings is 2. The summed E-state index contributed by atoms with van der Waals surface area (Å²) in [4.78, 5) is 5.25. The standard InChI is InChI=1S/C39H22N4O2/c1-2-10-24(11-3-1)41-38-36(27-13-5-8-16-32(27)45-38)43-30-20-18-23(22-28(30)40-39(41)43)25-19-21-34-37-35(25)26-12-4-6-14-29(26)42(37)31-15-7-9-17-33(31)44-34/h1-22H. The van der Waals surface area contributed by atoms with Crippen molar-refractivity contribution in [1.82, 2.24) is 18.5 Å². The molecule has 0 N–H and O–H groups in total. The summed E-state index contributed by atoms with van der Waals surface area (Å²) in [7, 11) is 0. The van der Waals surface area contributed by atoms with Gasteiger partial charge in [-0.1, -0.05) is 66.7 Å². The fraction of sp³-hybridized carbons (Fsp3) is 0. The minimum atomic E-state index is 0.788. The van der Waals surface area contributed by atoms with Crippen molar-refractivity contribution in [1.29, 1.82) is 0 Å². The van der Waals surface area contributed by atoms with Gasteiger partial charge in [-0.15, -0.1) is 0 Å². The number of fused-ring (bicyclic) bond motifs is 12. The Bertz CT molecular complexity index is 2850. The number of hydrogen-bond donors (Lipinski definition) is 0. The zero-order valence-corrected chi connectivity index (χ0v) is 23.8. The Morgan fingerprint density at radius 2 is 1.38 bits per heavy atom. The number of hydrogen-bond acceptors (Lipinski definition) is 3. The van der Waals surface area contributed by atoms with E-state index in [-0.39, 0.29) is 0 Å². The maximum absolute atomic E-state index is 6.45. The molecular weight excluding hydrogens is 556 g/mol. The van der Waals surface area contributed by atoms with Gasteiger partial charge in [-0.3, -0.25) is 4.40 Å². The summed E-state index contributed by atoms with van der Waals surface area (Å²) in [6, 6.07) is 46.3. The molecule has 0 bridgehead atoms. The van der Waals surface area contributed by atoms with Crippen molar-refractivity contribution in [2.75, 3.05) is 0 Å². The van der Waals surface area contributed by atoms with Crippen LogP contribution in [0.25, 0.3) is 83.3 Å². The molecule has 0 spiro atoms. The molecule has 4 aromatic heterocycles. The second kappa shape index (κ2) is 8.21. The maximum Gasteiger partial charge on any atom is 0.232 e. The molecule has 5 heterocycles. The lowest BCUT2D eigenvalue weighted by atomic mass is 9.98. The van der Waals surface area contributed by atoms with E-state index in [0.717, 1.165) is 84.0 Å². The lowest BCUT2D eigenvalue weighted by Gasteiger charge is -2.21. The lowest BCUT2D eigenvalue weighted by Crippen LogP contribution is -2.03. The van der Waals surface area contributed by atoms with Crippen LogP contribution in [0, 0.1) is 0 Å². The minimum Gasteiger partial charge on any atom is -0.453 e. The molecule has 1 aliphatic heterocycles. The van der Waals surface area contributed by atoms with Crippen molar-refractivity contribution in [2.24, 2.45) is 0 Å². The van der Waals surface area contributed by atoms with Crippen LogP contribution in [0.2, 0.25) is 0 Å². The van der Waals surface area contributed by atoms with Crippen LogP contribution < -0.4 is 4.74 Å². The average molecular weight is 579 g/mol. The van der Waals surface area contributed by atoms with Gasteiger partial charge in [0.25, 0.3) is 0 Å². The molecule has 0 amide bonds. The van der Waals surface area contributed by atoms with Crippen LogP contribution >= 0.6 is 0 Å². The Morgan fingerprint density at radius 1 is 0.578 bits per heavy atom. The van der Waals surface area contributed by atoms with Crippen molar-refractivity contribution >= 4 is 60.8 Å². The molecule has 0 saturated heterocycles. The first-order valence-electron chi connectivity index (χ1n) is 15.1. The van der Waals surface area contributed by atoms with Crippen molar-refractivity contribution in [3.05, 3.63) is 133 Å². The fourth-order valence-corrected chi connectivity index (χ4v) is 7.38. The predicted molar refractivity (Wildman–Crippen MR) is 179 cm³/mol. The molecule has 11 rings (SSSR count). The van der Waals surface area contributed by atoms with Gasteiger partial charge in [0.15, 0.2) is 11.5 Å². The van der Waals surface area contributed by atoms with Gasteiger partial charge in [-0.2, -0.15) is 0 Å². The number of aromatic nitrogens is 4. The predicted octanol–water partition coefficient (Wildman–Crippen LogP) is 10.0. The summed E-state index contributed by atoms with van der Waals surface area (Å²) in [5.74, 6) is 2.55. The summed E-state index contributed by atoms with van der Waals surface area (Å²) >= 11 is 0. The summed E-state index contributed by atoms with van der Waals surface area (Å²) in [6.07, 6.45) is 0. The van der Waals surface area contributed by atoms with E-state index in [4.69, 9.17) is 14.1 Å². The minimum absolute atomic E-state index is 0.788. The Labute approximate surface area is 255 Å². The molecule has 10 aromatic rings. The van der Waals surface area contributed by atoms with E-state index in [1.54, 1.807) is 0 Å². The largest absolute Gasteiger partial charge is 0.453 e. The van der Waals surface area contributed by atoms with Crippen LogP contribution in [0.3, 0.4) is 0 Å². The summed E-state index contributed by atoms with van der Waals surface area (Å²) < 4.78 is 19.6. The third kappa shape index (κ3) is 2.91. The molecule has 210 valence electrons. The number of benzene rings is 6. The van der Waals surface area contributed by atoms with Crippen LogP contribution in [0.5, 0.6) is 11.5 Å². The van der Waals surface area contributed by atoms with Gasteiger partial charge in [-0.05, 0) is 77.9 Å². The normalized spacial score (nSPS) is 12.6. The molecular formula is C39H22N4O2. The Morgan fingerprint density at radius 3 is 2.31 bits per heavy atom. The first-order valence-corrected chi connectivity index (χ1v) is 15.1. The fourth-order valence-electron chi connectivity index (χ4n) is 7.38. The highest BCUT2D eigenvalue weighted by atomic mass is 16.5. The summed E-state index contributed by atoms with van der Waals surface area (Å²) in [6.45, 7) is 0. The quantitative estimate of drug-likeness (QED) is 0.205. The van der Waals surface area contributed by atoms with E-state index < -0.39 is 0 Å². The number of ether oxygens (including phenoxy) is 1. The molecule has 6 heteroatoms. The zero-order chi connectivity index (χ0) is 29.2. The Balaban J connectivity index is 1.22. The van der Waals surface area contributed by atoms with E-state index in [2.05, 4.69) is 105 Å². The van der Waals surface area contributed by atoms with E-state index >= 15 is 0 Å². The maximum atomic E-state index is 6.45. The van der Waals surface area contributed by atoms with Gasteiger partial charge in [0, 0.05) is 16.2 Å². The Kier molecular flexibility index (Phi) is 4.24. The average Bonchev–Trinajstić information content (AvgIpc) is 3.82. The molecule has 0 aliphatic carbocycles. The molecule has 0 fully saturated rings. The van der Waals surface area contributed by atoms with Crippen LogP contribution in [0.15, 0.2) is 138 Å². The van der Waals surface area contributed by atoms with Gasteiger partial charge in [0.1, 0.15) is 11.1 Å². The molecule has 0 radical (unpaired) electrons. The highest BCUT2D eigenvalue weighted by Gasteiger charge is 2.27. The topological polar surface area (TPSA) is 49.5 Å². The lowest BCUT2D eigenvalue weighted by molar-refractivity contribution is 0.476. The SMILES string of the molecule is c1ccc(-n2c3oc4ccccc4c3n3c4ccc(-c5ccc6c7c5c5ccccc5n7-c5ccccc5O6)cc4nc23)cc1. The highest BCUT2D eigenvalue weighted by molar-refractivity contribution is 6.18. The second-order valence-corrected chi connectivity index (χ2v) is 11.6. The number of nitrogens with zero attached hydrogens (tertiary/aromatic N) is 4. The smallest absolute Gasteiger partial charge is 0.232 e. The van der Waals surface area contributed by atoms with Crippen LogP contribution in [0.1, 0.15) is 0 Å². The van der Waals surface area contributed by atoms with E-state index in [1.165, 1.54) is 10.8 Å². The van der Waals surface area contributed by atoms with Gasteiger partial charge in [0.05, 0.1) is 33.4 Å². The third-order valence-electron chi connectivity index (χ3n) is 9.25. The van der Waals surface area contributed by atoms with Gasteiger partial charge < -0.3 is 13.7 Å². The van der Waals surface area contributed by atoms with Crippen LogP contribution in [-0.4, -0.2) is 18.5 Å². The van der Waals surface area contributed by atoms with Crippen molar-refractivity contribution in [3.8, 4) is 34.0 Å². The van der Waals surface area contributed by atoms with Crippen molar-refractivity contribution < 1.29 is 9.15 Å². The molecule has 45 heavy (non-hydrogen) atoms. The van der Waals surface area contributed by atoms with Gasteiger partial charge in [0.2, 0.25) is 11.5 Å². The van der Waals surface area contributed by atoms with Gasteiger partial charge in [-0.25, -0.2) is 9.55 Å². The highest BCUT2D eigenvalue weighted by Crippen LogP contribution is 2.48. The van der Waals surface area contributed by atoms with E-state index in [0.29, 0.717) is 0 Å². The zero-order valence-electron chi connectivity index (χ0n) is 23.8. The number of furan rings is 1. The summed E-state index contributed by atoms with van der Waals surface area (Å²) in [5.41, 5.74) is 11.2. The molecule has 6 nitrogen and oxygen atoms in total. The van der Waals surface area contributed by atoms with Crippen LogP contribution in [0.4, 0.5) is 0 Å². The van der Waals surface area contributed by atoms with Crippen molar-refractivity contribution in [2.45, 2.75) is 0 Å². The van der Waals surface area contributed by atoms with E-state index in [9.17, 15) is 0 Å². The molecule has 0 saturated carbocycles. The molecule has 0 atom stereocenters. The first kappa shape index (κ1) is 23.2. The number of rotatable bonds is 2. The third-order valence-corrected chi connectivity index (χ3v) is 9.25. The van der Waals surface area contributed by atoms with Crippen molar-refractivity contribution in [3.63, 3.8) is 0 Å². The second-order valence-electron chi connectivity index (χ2n) is 11.6.